The van der Waals surface area contributed by atoms with Gasteiger partial charge in [-0.25, -0.2) is 0 Å². The lowest BCUT2D eigenvalue weighted by Crippen LogP contribution is -2.32. The summed E-state index contributed by atoms with van der Waals surface area (Å²) in [7, 11) is 1.57. The van der Waals surface area contributed by atoms with Crippen LogP contribution >= 0.6 is 0 Å². The summed E-state index contributed by atoms with van der Waals surface area (Å²) in [5.74, 6) is 0.0397. The van der Waals surface area contributed by atoms with E-state index in [1.54, 1.807) is 38.3 Å². The Hall–Kier alpha value is -2.86. The molecule has 0 fully saturated rings. The van der Waals surface area contributed by atoms with Crippen molar-refractivity contribution in [2.75, 3.05) is 25.6 Å². The second kappa shape index (κ2) is 9.73. The first kappa shape index (κ1) is 20.5. The number of hydrogen-bond acceptors (Lipinski definition) is 4. The fraction of sp³-hybridized carbons (Fsp3) is 0.333. The summed E-state index contributed by atoms with van der Waals surface area (Å²) >= 11 is 0. The largest absolute Gasteiger partial charge is 0.481 e. The van der Waals surface area contributed by atoms with E-state index in [-0.39, 0.29) is 11.8 Å². The first-order chi connectivity index (χ1) is 12.9. The van der Waals surface area contributed by atoms with Crippen LogP contribution in [0.5, 0.6) is 5.75 Å². The van der Waals surface area contributed by atoms with Crippen molar-refractivity contribution >= 4 is 17.5 Å². The van der Waals surface area contributed by atoms with E-state index in [9.17, 15) is 9.59 Å². The Kier molecular flexibility index (Phi) is 7.37. The summed E-state index contributed by atoms with van der Waals surface area (Å²) in [4.78, 5) is 24.8. The van der Waals surface area contributed by atoms with E-state index >= 15 is 0 Å². The molecule has 0 aromatic heterocycles. The molecule has 2 amide bonds. The SMILES string of the molecule is COCCNC(=O)c1ccccc1NC(=O)[C@@H](C)Oc1cc(C)cc(C)c1. The van der Waals surface area contributed by atoms with Crippen LogP contribution in [-0.2, 0) is 9.53 Å². The average molecular weight is 370 g/mol. The number of nitrogens with one attached hydrogen (secondary N) is 2. The summed E-state index contributed by atoms with van der Waals surface area (Å²) in [6.07, 6.45) is -0.712. The molecule has 2 rings (SSSR count). The number of hydrogen-bond donors (Lipinski definition) is 2. The van der Waals surface area contributed by atoms with Crippen LogP contribution in [0.2, 0.25) is 0 Å². The fourth-order valence-electron chi connectivity index (χ4n) is 2.64. The number of amides is 2. The van der Waals surface area contributed by atoms with E-state index in [0.29, 0.717) is 30.2 Å². The minimum Gasteiger partial charge on any atom is -0.481 e. The predicted molar refractivity (Wildman–Crippen MR) is 105 cm³/mol. The van der Waals surface area contributed by atoms with Crippen LogP contribution in [0.25, 0.3) is 0 Å². The van der Waals surface area contributed by atoms with Crippen LogP contribution in [0.3, 0.4) is 0 Å². The van der Waals surface area contributed by atoms with Crippen molar-refractivity contribution in [1.82, 2.24) is 5.32 Å². The molecule has 2 N–H and O–H groups in total. The number of ether oxygens (including phenoxy) is 2. The Labute approximate surface area is 159 Å². The molecular weight excluding hydrogens is 344 g/mol. The van der Waals surface area contributed by atoms with Crippen LogP contribution in [0, 0.1) is 13.8 Å². The Morgan fingerprint density at radius 1 is 1.07 bits per heavy atom. The standard InChI is InChI=1S/C21H26N2O4/c1-14-11-15(2)13-17(12-14)27-16(3)20(24)23-19-8-6-5-7-18(19)21(25)22-9-10-26-4/h5-8,11-13,16H,9-10H2,1-4H3,(H,22,25)(H,23,24)/t16-/m1/s1. The zero-order valence-electron chi connectivity index (χ0n) is 16.2. The third kappa shape index (κ3) is 6.11. The van der Waals surface area contributed by atoms with Crippen molar-refractivity contribution < 1.29 is 19.1 Å². The molecule has 144 valence electrons. The molecule has 0 unspecified atom stereocenters. The quantitative estimate of drug-likeness (QED) is 0.700. The van der Waals surface area contributed by atoms with E-state index in [1.165, 1.54) is 0 Å². The van der Waals surface area contributed by atoms with Gasteiger partial charge >= 0.3 is 0 Å². The van der Waals surface area contributed by atoms with Crippen LogP contribution in [0.15, 0.2) is 42.5 Å². The van der Waals surface area contributed by atoms with E-state index < -0.39 is 6.10 Å². The van der Waals surface area contributed by atoms with Gasteiger partial charge in [-0.05, 0) is 56.2 Å². The van der Waals surface area contributed by atoms with Gasteiger partial charge in [0.15, 0.2) is 6.10 Å². The summed E-state index contributed by atoms with van der Waals surface area (Å²) in [5, 5.41) is 5.52. The molecule has 6 heteroatoms. The van der Waals surface area contributed by atoms with Crippen LogP contribution < -0.4 is 15.4 Å². The lowest BCUT2D eigenvalue weighted by molar-refractivity contribution is -0.122. The third-order valence-electron chi connectivity index (χ3n) is 3.90. The molecule has 0 aliphatic heterocycles. The number of methoxy groups -OCH3 is 1. The number of benzene rings is 2. The highest BCUT2D eigenvalue weighted by Gasteiger charge is 2.18. The van der Waals surface area contributed by atoms with Gasteiger partial charge in [-0.2, -0.15) is 0 Å². The number of aryl methyl sites for hydroxylation is 2. The normalized spacial score (nSPS) is 11.6. The number of carbonyl (C=O) groups excluding carboxylic acids is 2. The Bertz CT molecular complexity index is 784. The first-order valence-electron chi connectivity index (χ1n) is 8.82. The lowest BCUT2D eigenvalue weighted by atomic mass is 10.1. The summed E-state index contributed by atoms with van der Waals surface area (Å²) < 4.78 is 10.7. The van der Waals surface area contributed by atoms with Crippen molar-refractivity contribution in [2.24, 2.45) is 0 Å². The number of para-hydroxylation sites is 1. The molecule has 0 heterocycles. The number of carbonyl (C=O) groups is 2. The Balaban J connectivity index is 2.05. The lowest BCUT2D eigenvalue weighted by Gasteiger charge is -2.17. The maximum absolute atomic E-state index is 12.5. The highest BCUT2D eigenvalue weighted by Crippen LogP contribution is 2.19. The predicted octanol–water partition coefficient (Wildman–Crippen LogP) is 3.09. The van der Waals surface area contributed by atoms with Crippen molar-refractivity contribution in [3.8, 4) is 5.75 Å². The topological polar surface area (TPSA) is 76.7 Å². The Morgan fingerprint density at radius 3 is 2.41 bits per heavy atom. The fourth-order valence-corrected chi connectivity index (χ4v) is 2.64. The molecule has 0 saturated carbocycles. The van der Waals surface area contributed by atoms with Gasteiger partial charge in [0, 0.05) is 13.7 Å². The molecule has 2 aromatic rings. The van der Waals surface area contributed by atoms with Crippen LogP contribution in [-0.4, -0.2) is 38.2 Å². The van der Waals surface area contributed by atoms with Gasteiger partial charge in [0.05, 0.1) is 17.9 Å². The van der Waals surface area contributed by atoms with Crippen LogP contribution in [0.1, 0.15) is 28.4 Å². The zero-order chi connectivity index (χ0) is 19.8. The number of anilines is 1. The van der Waals surface area contributed by atoms with Gasteiger partial charge in [-0.1, -0.05) is 18.2 Å². The number of rotatable bonds is 8. The van der Waals surface area contributed by atoms with Gasteiger partial charge < -0.3 is 20.1 Å². The first-order valence-corrected chi connectivity index (χ1v) is 8.82. The van der Waals surface area contributed by atoms with E-state index in [4.69, 9.17) is 9.47 Å². The smallest absolute Gasteiger partial charge is 0.265 e. The van der Waals surface area contributed by atoms with Crippen LogP contribution in [0.4, 0.5) is 5.69 Å². The molecular formula is C21H26N2O4. The summed E-state index contributed by atoms with van der Waals surface area (Å²) in [6.45, 7) is 6.44. The van der Waals surface area contributed by atoms with Gasteiger partial charge in [-0.3, -0.25) is 9.59 Å². The van der Waals surface area contributed by atoms with Crippen molar-refractivity contribution in [3.05, 3.63) is 59.2 Å². The van der Waals surface area contributed by atoms with Crippen molar-refractivity contribution in [2.45, 2.75) is 26.9 Å². The highest BCUT2D eigenvalue weighted by atomic mass is 16.5. The van der Waals surface area contributed by atoms with E-state index in [0.717, 1.165) is 11.1 Å². The second-order valence-electron chi connectivity index (χ2n) is 6.37. The van der Waals surface area contributed by atoms with Gasteiger partial charge in [0.2, 0.25) is 0 Å². The molecule has 0 saturated heterocycles. The molecule has 6 nitrogen and oxygen atoms in total. The molecule has 0 aliphatic rings. The third-order valence-corrected chi connectivity index (χ3v) is 3.90. The molecule has 0 radical (unpaired) electrons. The Morgan fingerprint density at radius 2 is 1.74 bits per heavy atom. The molecule has 0 spiro atoms. The molecule has 1 atom stereocenters. The minimum atomic E-state index is -0.712. The van der Waals surface area contributed by atoms with E-state index in [2.05, 4.69) is 10.6 Å². The van der Waals surface area contributed by atoms with Crippen molar-refractivity contribution in [1.29, 1.82) is 0 Å². The summed E-state index contributed by atoms with van der Waals surface area (Å²) in [5.41, 5.74) is 2.96. The molecule has 27 heavy (non-hydrogen) atoms. The summed E-state index contributed by atoms with van der Waals surface area (Å²) in [6, 6.07) is 12.7. The maximum Gasteiger partial charge on any atom is 0.265 e. The molecule has 2 aromatic carbocycles. The molecule has 0 bridgehead atoms. The van der Waals surface area contributed by atoms with Crippen molar-refractivity contribution in [3.63, 3.8) is 0 Å². The second-order valence-corrected chi connectivity index (χ2v) is 6.37. The van der Waals surface area contributed by atoms with Gasteiger partial charge in [0.1, 0.15) is 5.75 Å². The maximum atomic E-state index is 12.5. The molecule has 0 aliphatic carbocycles. The van der Waals surface area contributed by atoms with Gasteiger partial charge in [0.25, 0.3) is 11.8 Å². The highest BCUT2D eigenvalue weighted by molar-refractivity contribution is 6.04. The minimum absolute atomic E-state index is 0.272. The average Bonchev–Trinajstić information content (AvgIpc) is 2.61. The monoisotopic (exact) mass is 370 g/mol. The zero-order valence-corrected chi connectivity index (χ0v) is 16.2. The van der Waals surface area contributed by atoms with E-state index in [1.807, 2.05) is 32.0 Å². The van der Waals surface area contributed by atoms with Gasteiger partial charge in [-0.15, -0.1) is 0 Å².